The number of aromatic nitrogens is 1. The Labute approximate surface area is 377 Å². The predicted molar refractivity (Wildman–Crippen MR) is 248 cm³/mol. The number of carbonyl (C=O) groups excluding carboxylic acids is 3. The Morgan fingerprint density at radius 3 is 2.30 bits per heavy atom. The second-order valence-corrected chi connectivity index (χ2v) is 17.4. The average molecular weight is 877 g/mol. The van der Waals surface area contributed by atoms with Gasteiger partial charge in [0.25, 0.3) is 5.91 Å². The van der Waals surface area contributed by atoms with Crippen LogP contribution in [0.15, 0.2) is 151 Å². The van der Waals surface area contributed by atoms with Gasteiger partial charge >= 0.3 is 12.2 Å². The number of nitrogens with one attached hydrogen (secondary N) is 1. The van der Waals surface area contributed by atoms with Crippen LogP contribution in [0.4, 0.5) is 15.3 Å². The highest BCUT2D eigenvalue weighted by Gasteiger charge is 2.53. The van der Waals surface area contributed by atoms with Crippen molar-refractivity contribution in [3.63, 3.8) is 0 Å². The maximum atomic E-state index is 14.7. The fraction of sp³-hybridized carbons (Fsp3) is 0.269. The van der Waals surface area contributed by atoms with E-state index in [9.17, 15) is 19.5 Å². The van der Waals surface area contributed by atoms with E-state index in [1.54, 1.807) is 23.2 Å². The van der Waals surface area contributed by atoms with Gasteiger partial charge in [-0.2, -0.15) is 0 Å². The summed E-state index contributed by atoms with van der Waals surface area (Å²) in [6.07, 6.45) is 4.50. The number of hydrogen-bond acceptors (Lipinski definition) is 9. The van der Waals surface area contributed by atoms with Crippen molar-refractivity contribution in [2.24, 2.45) is 0 Å². The molecule has 4 bridgehead atoms. The molecule has 2 N–H and O–H groups in total. The van der Waals surface area contributed by atoms with Gasteiger partial charge in [0.15, 0.2) is 0 Å². The van der Waals surface area contributed by atoms with Crippen LogP contribution in [0.1, 0.15) is 70.8 Å². The molecule has 2 aliphatic rings. The first kappa shape index (κ1) is 43.9. The molecule has 2 heterocycles. The van der Waals surface area contributed by atoms with Crippen LogP contribution in [0.2, 0.25) is 0 Å². The number of fused-ring (bicyclic) bond motifs is 4. The summed E-state index contributed by atoms with van der Waals surface area (Å²) in [5, 5.41) is 18.1. The molecule has 0 radical (unpaired) electrons. The molecule has 64 heavy (non-hydrogen) atoms. The highest BCUT2D eigenvalue weighted by Crippen LogP contribution is 2.52. The quantitative estimate of drug-likeness (QED) is 0.123. The zero-order valence-electron chi connectivity index (χ0n) is 36.0. The van der Waals surface area contributed by atoms with E-state index in [1.807, 2.05) is 121 Å². The fourth-order valence-electron chi connectivity index (χ4n) is 7.97. The molecule has 6 aromatic rings. The minimum absolute atomic E-state index is 0.0552. The molecule has 1 saturated carbocycles. The number of anilines is 1. The SMILES string of the molecule is CC(C)c1cccc(C2(N(C[C@@H](O)[C@@H]3Cc4cccc(c4)OCC=CCN(C(=O)OCc4ccccc4)c4cc(cc(-c5nccs5)c4)C(=O)N3)C(=O)OCc3ccccc3)CC2)c1. The Bertz CT molecular complexity index is 2560. The van der Waals surface area contributed by atoms with E-state index in [-0.39, 0.29) is 50.8 Å². The summed E-state index contributed by atoms with van der Waals surface area (Å²) >= 11 is 1.40. The molecule has 0 spiro atoms. The third kappa shape index (κ3) is 10.7. The maximum Gasteiger partial charge on any atom is 0.414 e. The van der Waals surface area contributed by atoms with Crippen molar-refractivity contribution in [3.8, 4) is 16.3 Å². The monoisotopic (exact) mass is 876 g/mol. The molecule has 328 valence electrons. The first-order chi connectivity index (χ1) is 31.1. The maximum absolute atomic E-state index is 14.7. The lowest BCUT2D eigenvalue weighted by Crippen LogP contribution is -2.53. The number of ether oxygens (including phenoxy) is 3. The zero-order chi connectivity index (χ0) is 44.5. The van der Waals surface area contributed by atoms with Gasteiger partial charge in [0.2, 0.25) is 0 Å². The number of carbonyl (C=O) groups is 3. The molecule has 0 unspecified atom stereocenters. The molecule has 11 nitrogen and oxygen atoms in total. The van der Waals surface area contributed by atoms with Crippen LogP contribution in [0.3, 0.4) is 0 Å². The van der Waals surface area contributed by atoms with Gasteiger partial charge < -0.3 is 24.6 Å². The Morgan fingerprint density at radius 2 is 1.59 bits per heavy atom. The topological polar surface area (TPSA) is 131 Å². The standard InChI is InChI=1S/C52H52N4O7S/c1-36(2)40-18-12-19-43(30-40)52(21-22-52)56(51(60)63-35-38-15-7-4-8-16-38)33-47(57)46-28-39-17-11-20-45(27-39)61-25-10-9-24-55(50(59)62-34-37-13-5-3-6-14-37)44-31-41(48(58)54-46)29-42(32-44)49-53-23-26-64-49/h3-20,23,26-27,29-32,36,46-47,57H,21-22,24-25,28,33-35H2,1-2H3,(H,54,58)/t46-,47+/m0/s1. The van der Waals surface area contributed by atoms with Crippen molar-refractivity contribution >= 4 is 35.1 Å². The number of hydrogen-bond donors (Lipinski definition) is 2. The largest absolute Gasteiger partial charge is 0.490 e. The Hall–Kier alpha value is -6.76. The molecule has 2 atom stereocenters. The van der Waals surface area contributed by atoms with Gasteiger partial charge in [0, 0.05) is 34.9 Å². The number of benzene rings is 5. The van der Waals surface area contributed by atoms with Crippen LogP contribution >= 0.6 is 11.3 Å². The molecule has 0 saturated heterocycles. The van der Waals surface area contributed by atoms with E-state index in [0.717, 1.165) is 27.8 Å². The van der Waals surface area contributed by atoms with Crippen molar-refractivity contribution in [3.05, 3.63) is 185 Å². The summed E-state index contributed by atoms with van der Waals surface area (Å²) in [5.74, 6) is 0.380. The molecule has 1 aromatic heterocycles. The van der Waals surface area contributed by atoms with E-state index >= 15 is 0 Å². The van der Waals surface area contributed by atoms with Crippen LogP contribution in [0, 0.1) is 0 Å². The third-order valence-corrected chi connectivity index (χ3v) is 12.5. The van der Waals surface area contributed by atoms with Crippen LogP contribution < -0.4 is 15.0 Å². The third-order valence-electron chi connectivity index (χ3n) is 11.7. The Kier molecular flexibility index (Phi) is 13.8. The normalized spacial score (nSPS) is 16.3. The summed E-state index contributed by atoms with van der Waals surface area (Å²) < 4.78 is 17.9. The zero-order valence-corrected chi connectivity index (χ0v) is 36.8. The van der Waals surface area contributed by atoms with Gasteiger partial charge in [0.1, 0.15) is 30.6 Å². The van der Waals surface area contributed by atoms with Gasteiger partial charge in [-0.15, -0.1) is 11.3 Å². The summed E-state index contributed by atoms with van der Waals surface area (Å²) in [6.45, 7) is 4.61. The number of rotatable bonds is 11. The van der Waals surface area contributed by atoms with Crippen LogP contribution in [-0.2, 0) is 34.6 Å². The Balaban J connectivity index is 1.14. The first-order valence-electron chi connectivity index (χ1n) is 21.6. The summed E-state index contributed by atoms with van der Waals surface area (Å²) in [7, 11) is 0. The van der Waals surface area contributed by atoms with Crippen LogP contribution in [0.5, 0.6) is 5.75 Å². The van der Waals surface area contributed by atoms with Gasteiger partial charge in [-0.05, 0) is 89.4 Å². The van der Waals surface area contributed by atoms with Gasteiger partial charge in [0.05, 0.1) is 24.2 Å². The van der Waals surface area contributed by atoms with E-state index in [1.165, 1.54) is 16.2 Å². The number of nitrogens with zero attached hydrogens (tertiary/aromatic N) is 3. The van der Waals surface area contributed by atoms with Crippen molar-refractivity contribution in [2.75, 3.05) is 24.6 Å². The molecular formula is C52H52N4O7S. The summed E-state index contributed by atoms with van der Waals surface area (Å²) in [4.78, 5) is 50.7. The number of aliphatic hydroxyl groups excluding tert-OH is 1. The average Bonchev–Trinajstić information content (AvgIpc) is 3.93. The van der Waals surface area contributed by atoms with E-state index in [2.05, 4.69) is 36.3 Å². The second kappa shape index (κ2) is 20.2. The van der Waals surface area contributed by atoms with Gasteiger partial charge in [-0.1, -0.05) is 117 Å². The minimum Gasteiger partial charge on any atom is -0.490 e. The smallest absolute Gasteiger partial charge is 0.414 e. The lowest BCUT2D eigenvalue weighted by atomic mass is 9.94. The molecule has 5 aromatic carbocycles. The molecule has 3 amide bonds. The minimum atomic E-state index is -1.25. The fourth-order valence-corrected chi connectivity index (χ4v) is 8.60. The van der Waals surface area contributed by atoms with E-state index in [4.69, 9.17) is 14.2 Å². The number of aliphatic hydroxyl groups is 1. The van der Waals surface area contributed by atoms with Crippen LogP contribution in [-0.4, -0.2) is 64.9 Å². The lowest BCUT2D eigenvalue weighted by Gasteiger charge is -2.36. The molecule has 12 heteroatoms. The van der Waals surface area contributed by atoms with Crippen molar-refractivity contribution in [1.29, 1.82) is 0 Å². The predicted octanol–water partition coefficient (Wildman–Crippen LogP) is 10.1. The van der Waals surface area contributed by atoms with E-state index < -0.39 is 35.8 Å². The lowest BCUT2D eigenvalue weighted by molar-refractivity contribution is 0.0319. The number of amides is 3. The van der Waals surface area contributed by atoms with Gasteiger partial charge in [-0.3, -0.25) is 14.6 Å². The first-order valence-corrected chi connectivity index (χ1v) is 22.5. The second-order valence-electron chi connectivity index (χ2n) is 16.5. The van der Waals surface area contributed by atoms with Crippen molar-refractivity contribution in [2.45, 2.75) is 69.9 Å². The molecule has 1 aliphatic carbocycles. The van der Waals surface area contributed by atoms with Crippen LogP contribution in [0.25, 0.3) is 10.6 Å². The Morgan fingerprint density at radius 1 is 0.875 bits per heavy atom. The summed E-state index contributed by atoms with van der Waals surface area (Å²) in [6, 6.07) is 39.0. The molecular weight excluding hydrogens is 825 g/mol. The molecule has 1 fully saturated rings. The van der Waals surface area contributed by atoms with Crippen molar-refractivity contribution < 1.29 is 33.7 Å². The van der Waals surface area contributed by atoms with Crippen molar-refractivity contribution in [1.82, 2.24) is 15.2 Å². The highest BCUT2D eigenvalue weighted by atomic mass is 32.1. The molecule has 8 rings (SSSR count). The highest BCUT2D eigenvalue weighted by molar-refractivity contribution is 7.13. The van der Waals surface area contributed by atoms with Gasteiger partial charge in [-0.25, -0.2) is 14.6 Å². The number of thiazole rings is 1. The molecule has 1 aliphatic heterocycles. The summed E-state index contributed by atoms with van der Waals surface area (Å²) in [5.41, 5.74) is 5.19. The van der Waals surface area contributed by atoms with E-state index in [0.29, 0.717) is 34.8 Å².